The molecule has 27 heavy (non-hydrogen) atoms. The van der Waals surface area contributed by atoms with Crippen molar-refractivity contribution in [3.8, 4) is 0 Å². The molecule has 2 aromatic rings. The van der Waals surface area contributed by atoms with Crippen molar-refractivity contribution in [2.45, 2.75) is 30.6 Å². The molecule has 1 unspecified atom stereocenters. The normalized spacial score (nSPS) is 23.9. The van der Waals surface area contributed by atoms with E-state index in [-0.39, 0.29) is 10.7 Å². The van der Waals surface area contributed by atoms with Gasteiger partial charge in [0.2, 0.25) is 0 Å². The average Bonchev–Trinajstić information content (AvgIpc) is 3.44. The highest BCUT2D eigenvalue weighted by Gasteiger charge is 2.32. The molecule has 1 saturated carbocycles. The average molecular weight is 377 g/mol. The third-order valence-corrected chi connectivity index (χ3v) is 7.96. The SMILES string of the molecule is C1=C(C2CCN(CC3CC3)CC2)N(c2ccccc2)S(c2ccccc2)=C1. The minimum absolute atomic E-state index is 0.0169. The quantitative estimate of drug-likeness (QED) is 0.631. The van der Waals surface area contributed by atoms with Gasteiger partial charge in [0.1, 0.15) is 0 Å². The van der Waals surface area contributed by atoms with Crippen LogP contribution in [0.25, 0.3) is 0 Å². The van der Waals surface area contributed by atoms with Crippen LogP contribution >= 0.6 is 10.7 Å². The summed E-state index contributed by atoms with van der Waals surface area (Å²) < 4.78 is 2.61. The third kappa shape index (κ3) is 3.76. The molecule has 0 N–H and O–H groups in total. The van der Waals surface area contributed by atoms with Crippen LogP contribution in [-0.2, 0) is 0 Å². The molecule has 1 aliphatic carbocycles. The standard InChI is InChI=1S/C24H28N2S/c1-3-7-22(8-4-1)26-24(15-18-27(26)23-9-5-2-6-10-23)21-13-16-25(17-14-21)19-20-11-12-20/h1-10,15,18,20-21H,11-14,16-17,19H2. The lowest BCUT2D eigenvalue weighted by molar-refractivity contribution is 0.191. The molecule has 3 heteroatoms. The lowest BCUT2D eigenvalue weighted by Gasteiger charge is -2.37. The van der Waals surface area contributed by atoms with Gasteiger partial charge in [0.25, 0.3) is 0 Å². The van der Waals surface area contributed by atoms with E-state index in [0.717, 1.165) is 5.92 Å². The first-order valence-electron chi connectivity index (χ1n) is 10.3. The Bertz CT molecular complexity index is 831. The van der Waals surface area contributed by atoms with Gasteiger partial charge in [-0.2, -0.15) is 0 Å². The predicted molar refractivity (Wildman–Crippen MR) is 117 cm³/mol. The van der Waals surface area contributed by atoms with Crippen molar-refractivity contribution in [1.29, 1.82) is 0 Å². The third-order valence-electron chi connectivity index (χ3n) is 5.99. The van der Waals surface area contributed by atoms with E-state index in [1.165, 1.54) is 61.6 Å². The Hall–Kier alpha value is -1.84. The zero-order chi connectivity index (χ0) is 18.1. The summed E-state index contributed by atoms with van der Waals surface area (Å²) in [6, 6.07) is 21.9. The van der Waals surface area contributed by atoms with E-state index in [1.807, 2.05) is 0 Å². The van der Waals surface area contributed by atoms with Crippen LogP contribution in [0.5, 0.6) is 0 Å². The predicted octanol–water partition coefficient (Wildman–Crippen LogP) is 5.56. The van der Waals surface area contributed by atoms with Crippen molar-refractivity contribution < 1.29 is 0 Å². The second-order valence-corrected chi connectivity index (χ2v) is 9.74. The summed E-state index contributed by atoms with van der Waals surface area (Å²) in [5.74, 6) is 1.68. The molecule has 5 rings (SSSR count). The van der Waals surface area contributed by atoms with Gasteiger partial charge in [-0.15, -0.1) is 0 Å². The molecule has 2 fully saturated rings. The highest BCUT2D eigenvalue weighted by molar-refractivity contribution is 8.16. The van der Waals surface area contributed by atoms with Crippen molar-refractivity contribution in [2.75, 3.05) is 23.9 Å². The number of hydrogen-bond acceptors (Lipinski definition) is 2. The molecular formula is C24H28N2S. The highest BCUT2D eigenvalue weighted by atomic mass is 32.2. The fourth-order valence-electron chi connectivity index (χ4n) is 4.32. The Morgan fingerprint density at radius 2 is 1.48 bits per heavy atom. The molecule has 3 aliphatic rings. The Morgan fingerprint density at radius 3 is 2.15 bits per heavy atom. The van der Waals surface area contributed by atoms with E-state index in [2.05, 4.69) is 81.3 Å². The second-order valence-electron chi connectivity index (χ2n) is 8.00. The number of piperidine rings is 1. The summed E-state index contributed by atoms with van der Waals surface area (Å²) in [6.45, 7) is 3.87. The minimum Gasteiger partial charge on any atom is -0.303 e. The summed E-state index contributed by atoms with van der Waals surface area (Å²) in [7, 11) is -0.0169. The first-order valence-corrected chi connectivity index (χ1v) is 11.5. The van der Waals surface area contributed by atoms with Gasteiger partial charge in [-0.25, -0.2) is 0 Å². The Kier molecular flexibility index (Phi) is 4.89. The number of rotatable bonds is 5. The van der Waals surface area contributed by atoms with E-state index in [1.54, 1.807) is 0 Å². The van der Waals surface area contributed by atoms with Crippen molar-refractivity contribution in [1.82, 2.24) is 4.90 Å². The molecule has 0 spiro atoms. The van der Waals surface area contributed by atoms with Crippen molar-refractivity contribution in [2.24, 2.45) is 11.8 Å². The van der Waals surface area contributed by atoms with Crippen LogP contribution in [0.1, 0.15) is 25.7 Å². The van der Waals surface area contributed by atoms with E-state index in [0.29, 0.717) is 5.92 Å². The second kappa shape index (κ2) is 7.65. The van der Waals surface area contributed by atoms with Crippen LogP contribution < -0.4 is 4.31 Å². The Morgan fingerprint density at radius 1 is 0.815 bits per heavy atom. The van der Waals surface area contributed by atoms with Gasteiger partial charge in [-0.05, 0) is 80.4 Å². The smallest absolute Gasteiger partial charge is 0.0519 e. The molecule has 2 heterocycles. The van der Waals surface area contributed by atoms with Gasteiger partial charge >= 0.3 is 0 Å². The number of nitrogens with zero attached hydrogens (tertiary/aromatic N) is 2. The fourth-order valence-corrected chi connectivity index (χ4v) is 6.30. The van der Waals surface area contributed by atoms with Gasteiger partial charge in [-0.3, -0.25) is 4.31 Å². The van der Waals surface area contributed by atoms with Gasteiger partial charge in [0.05, 0.1) is 5.69 Å². The zero-order valence-electron chi connectivity index (χ0n) is 15.8. The van der Waals surface area contributed by atoms with Gasteiger partial charge < -0.3 is 4.90 Å². The van der Waals surface area contributed by atoms with Crippen LogP contribution in [0.2, 0.25) is 0 Å². The van der Waals surface area contributed by atoms with Crippen molar-refractivity contribution >= 4 is 21.7 Å². The summed E-state index contributed by atoms with van der Waals surface area (Å²) >= 11 is 0. The largest absolute Gasteiger partial charge is 0.303 e. The first kappa shape index (κ1) is 17.3. The maximum absolute atomic E-state index is 2.71. The maximum atomic E-state index is 2.71. The molecule has 0 aromatic heterocycles. The van der Waals surface area contributed by atoms with Crippen LogP contribution in [0, 0.1) is 11.8 Å². The molecule has 2 aromatic carbocycles. The number of allylic oxidation sites excluding steroid dienone is 2. The lowest BCUT2D eigenvalue weighted by atomic mass is 9.92. The van der Waals surface area contributed by atoms with Crippen LogP contribution in [0.3, 0.4) is 0 Å². The van der Waals surface area contributed by atoms with Crippen LogP contribution in [-0.4, -0.2) is 29.9 Å². The zero-order valence-corrected chi connectivity index (χ0v) is 16.7. The first-order chi connectivity index (χ1) is 13.4. The van der Waals surface area contributed by atoms with E-state index < -0.39 is 0 Å². The number of hydrogen-bond donors (Lipinski definition) is 0. The van der Waals surface area contributed by atoms with Crippen molar-refractivity contribution in [3.05, 3.63) is 72.4 Å². The van der Waals surface area contributed by atoms with Gasteiger partial charge in [0, 0.05) is 23.1 Å². The van der Waals surface area contributed by atoms with Crippen LogP contribution in [0.4, 0.5) is 5.69 Å². The summed E-state index contributed by atoms with van der Waals surface area (Å²) in [5, 5.41) is 2.42. The number of para-hydroxylation sites is 1. The van der Waals surface area contributed by atoms with E-state index in [9.17, 15) is 0 Å². The topological polar surface area (TPSA) is 6.48 Å². The van der Waals surface area contributed by atoms with E-state index in [4.69, 9.17) is 0 Å². The maximum Gasteiger partial charge on any atom is 0.0519 e. The molecule has 0 radical (unpaired) electrons. The molecule has 0 bridgehead atoms. The number of benzene rings is 2. The van der Waals surface area contributed by atoms with Crippen molar-refractivity contribution in [3.63, 3.8) is 0 Å². The molecule has 2 aliphatic heterocycles. The summed E-state index contributed by atoms with van der Waals surface area (Å²) in [5.41, 5.74) is 2.85. The molecule has 2 nitrogen and oxygen atoms in total. The molecule has 1 saturated heterocycles. The van der Waals surface area contributed by atoms with Crippen LogP contribution in [0.15, 0.2) is 77.3 Å². The molecular weight excluding hydrogens is 348 g/mol. The minimum atomic E-state index is -0.0169. The van der Waals surface area contributed by atoms with Gasteiger partial charge in [-0.1, -0.05) is 47.1 Å². The monoisotopic (exact) mass is 376 g/mol. The summed E-state index contributed by atoms with van der Waals surface area (Å²) in [4.78, 5) is 4.11. The Balaban J connectivity index is 1.37. The van der Waals surface area contributed by atoms with Gasteiger partial charge in [0.15, 0.2) is 0 Å². The highest BCUT2D eigenvalue weighted by Crippen LogP contribution is 2.45. The molecule has 1 atom stereocenters. The number of likely N-dealkylation sites (tertiary alicyclic amines) is 1. The summed E-state index contributed by atoms with van der Waals surface area (Å²) in [6.07, 6.45) is 7.93. The fraction of sp³-hybridized carbons (Fsp3) is 0.375. The Labute approximate surface area is 165 Å². The molecule has 0 amide bonds. The number of anilines is 1. The lowest BCUT2D eigenvalue weighted by Crippen LogP contribution is -2.37. The van der Waals surface area contributed by atoms with E-state index >= 15 is 0 Å². The molecule has 140 valence electrons.